The van der Waals surface area contributed by atoms with Crippen molar-refractivity contribution in [2.75, 3.05) is 6.73 Å². The van der Waals surface area contributed by atoms with Crippen LogP contribution in [0.5, 0.6) is 0 Å². The zero-order chi connectivity index (χ0) is 18.8. The summed E-state index contributed by atoms with van der Waals surface area (Å²) in [6, 6.07) is 9.97. The summed E-state index contributed by atoms with van der Waals surface area (Å²) in [6.45, 7) is 5.41. The second-order valence-corrected chi connectivity index (χ2v) is 6.43. The summed E-state index contributed by atoms with van der Waals surface area (Å²) in [5.74, 6) is 0.0960. The molecule has 5 nitrogen and oxygen atoms in total. The van der Waals surface area contributed by atoms with Crippen molar-refractivity contribution in [1.29, 1.82) is 0 Å². The Kier molecular flexibility index (Phi) is 5.06. The zero-order valence-electron chi connectivity index (χ0n) is 14.8. The smallest absolute Gasteiger partial charge is 0.264 e. The van der Waals surface area contributed by atoms with E-state index in [9.17, 15) is 4.79 Å². The molecule has 1 aromatic heterocycles. The number of thiocarbonyl (C=S) groups is 1. The van der Waals surface area contributed by atoms with Crippen molar-refractivity contribution in [2.45, 2.75) is 20.8 Å². The van der Waals surface area contributed by atoms with Crippen LogP contribution in [0.15, 0.2) is 40.5 Å². The highest BCUT2D eigenvalue weighted by Crippen LogP contribution is 2.35. The third-order valence-corrected chi connectivity index (χ3v) is 4.54. The molecular formula is C20H19NO4S. The number of ether oxygens (including phenoxy) is 1. The van der Waals surface area contributed by atoms with Crippen molar-refractivity contribution in [1.82, 2.24) is 5.32 Å². The normalized spacial score (nSPS) is 12.2. The van der Waals surface area contributed by atoms with Crippen LogP contribution in [0.1, 0.15) is 23.6 Å². The molecule has 0 aliphatic rings. The number of aldehydes is 1. The van der Waals surface area contributed by atoms with Gasteiger partial charge in [-0.2, -0.15) is 0 Å². The number of aryl methyl sites for hydroxylation is 2. The Bertz CT molecular complexity index is 1050. The zero-order valence-corrected chi connectivity index (χ0v) is 15.6. The van der Waals surface area contributed by atoms with Gasteiger partial charge in [0.05, 0.1) is 0 Å². The minimum Gasteiger partial charge on any atom is -0.456 e. The number of fused-ring (bicyclic) bond motifs is 3. The molecule has 134 valence electrons. The Balaban J connectivity index is 2.16. The summed E-state index contributed by atoms with van der Waals surface area (Å²) in [5.41, 5.74) is 5.22. The number of carbonyl (C=O) groups excluding carboxylic acids is 1. The maximum atomic E-state index is 11.5. The van der Waals surface area contributed by atoms with E-state index in [1.54, 1.807) is 6.92 Å². The van der Waals surface area contributed by atoms with Gasteiger partial charge in [-0.05, 0) is 61.8 Å². The number of hydrogen-bond acceptors (Lipinski definition) is 5. The highest BCUT2D eigenvalue weighted by molar-refractivity contribution is 7.80. The van der Waals surface area contributed by atoms with Gasteiger partial charge in [0.15, 0.2) is 12.0 Å². The van der Waals surface area contributed by atoms with Gasteiger partial charge in [0.2, 0.25) is 0 Å². The number of aliphatic hydroxyl groups excluding tert-OH is 1. The lowest BCUT2D eigenvalue weighted by molar-refractivity contribution is -0.106. The minimum absolute atomic E-state index is 0.0591. The van der Waals surface area contributed by atoms with Crippen molar-refractivity contribution >= 4 is 51.2 Å². The molecule has 0 fully saturated rings. The molecule has 0 spiro atoms. The standard InChI is InChI=1S/C20H19NO4S/c1-11-5-4-6-15-16-8-14(7-12(2)19(16)25-18(11)15)13(3)17(9-22)24-20(26)21-10-23/h4-9,23H,10H2,1-3H3,(H,21,26)/b17-13+. The lowest BCUT2D eigenvalue weighted by Gasteiger charge is -2.11. The van der Waals surface area contributed by atoms with E-state index in [2.05, 4.69) is 5.32 Å². The topological polar surface area (TPSA) is 71.7 Å². The van der Waals surface area contributed by atoms with E-state index in [0.717, 1.165) is 38.6 Å². The first-order chi connectivity index (χ1) is 12.5. The van der Waals surface area contributed by atoms with Gasteiger partial charge >= 0.3 is 0 Å². The molecule has 2 N–H and O–H groups in total. The Hall–Kier alpha value is -2.70. The van der Waals surface area contributed by atoms with Crippen LogP contribution in [0.3, 0.4) is 0 Å². The quantitative estimate of drug-likeness (QED) is 0.238. The number of furan rings is 1. The molecule has 3 rings (SSSR count). The number of benzene rings is 2. The minimum atomic E-state index is -0.366. The van der Waals surface area contributed by atoms with Gasteiger partial charge < -0.3 is 19.6 Å². The largest absolute Gasteiger partial charge is 0.456 e. The number of nitrogens with one attached hydrogen (secondary N) is 1. The first-order valence-electron chi connectivity index (χ1n) is 8.11. The van der Waals surface area contributed by atoms with E-state index in [0.29, 0.717) is 11.9 Å². The molecule has 0 aliphatic heterocycles. The third kappa shape index (κ3) is 3.21. The maximum absolute atomic E-state index is 11.5. The summed E-state index contributed by atoms with van der Waals surface area (Å²) in [5, 5.41) is 13.2. The molecule has 0 radical (unpaired) electrons. The van der Waals surface area contributed by atoms with E-state index < -0.39 is 0 Å². The average molecular weight is 369 g/mol. The molecule has 0 saturated heterocycles. The third-order valence-electron chi connectivity index (χ3n) is 4.32. The van der Waals surface area contributed by atoms with E-state index in [-0.39, 0.29) is 17.7 Å². The summed E-state index contributed by atoms with van der Waals surface area (Å²) >= 11 is 4.93. The number of aliphatic hydroxyl groups is 1. The molecule has 3 aromatic rings. The van der Waals surface area contributed by atoms with Crippen molar-refractivity contribution in [3.05, 3.63) is 52.8 Å². The number of rotatable bonds is 4. The summed E-state index contributed by atoms with van der Waals surface area (Å²) in [4.78, 5) is 11.5. The van der Waals surface area contributed by atoms with Crippen molar-refractivity contribution < 1.29 is 19.1 Å². The fraction of sp³-hybridized carbons (Fsp3) is 0.200. The highest BCUT2D eigenvalue weighted by Gasteiger charge is 2.15. The lowest BCUT2D eigenvalue weighted by atomic mass is 9.99. The highest BCUT2D eigenvalue weighted by atomic mass is 32.1. The average Bonchev–Trinajstić information content (AvgIpc) is 3.00. The number of para-hydroxylation sites is 1. The van der Waals surface area contributed by atoms with Crippen LogP contribution < -0.4 is 5.32 Å². The number of allylic oxidation sites excluding steroid dienone is 2. The van der Waals surface area contributed by atoms with Crippen LogP contribution in [-0.4, -0.2) is 23.3 Å². The predicted molar refractivity (Wildman–Crippen MR) is 106 cm³/mol. The van der Waals surface area contributed by atoms with E-state index >= 15 is 0 Å². The van der Waals surface area contributed by atoms with E-state index in [1.165, 1.54) is 0 Å². The van der Waals surface area contributed by atoms with Crippen LogP contribution in [0.4, 0.5) is 0 Å². The SMILES string of the molecule is C/C(=C(/C=O)OC(=S)NCO)c1cc(C)c2oc3c(C)cccc3c2c1. The second kappa shape index (κ2) is 7.27. The Morgan fingerprint density at radius 3 is 2.65 bits per heavy atom. The molecule has 6 heteroatoms. The first kappa shape index (κ1) is 18.1. The fourth-order valence-electron chi connectivity index (χ4n) is 2.96. The van der Waals surface area contributed by atoms with Crippen LogP contribution >= 0.6 is 12.2 Å². The van der Waals surface area contributed by atoms with Gasteiger partial charge in [-0.3, -0.25) is 4.79 Å². The molecule has 0 saturated carbocycles. The van der Waals surface area contributed by atoms with Gasteiger partial charge in [0.25, 0.3) is 5.17 Å². The molecule has 2 aromatic carbocycles. The van der Waals surface area contributed by atoms with Gasteiger partial charge in [-0.1, -0.05) is 18.2 Å². The number of carbonyl (C=O) groups is 1. The molecule has 0 bridgehead atoms. The number of hydrogen-bond donors (Lipinski definition) is 2. The summed E-state index contributed by atoms with van der Waals surface area (Å²) in [7, 11) is 0. The Morgan fingerprint density at radius 2 is 1.96 bits per heavy atom. The maximum Gasteiger partial charge on any atom is 0.264 e. The Morgan fingerprint density at radius 1 is 1.23 bits per heavy atom. The van der Waals surface area contributed by atoms with Crippen molar-refractivity contribution in [2.24, 2.45) is 0 Å². The summed E-state index contributed by atoms with van der Waals surface area (Å²) < 4.78 is 11.4. The first-order valence-corrected chi connectivity index (χ1v) is 8.52. The van der Waals surface area contributed by atoms with Crippen LogP contribution in [0.2, 0.25) is 0 Å². The van der Waals surface area contributed by atoms with E-state index in [1.807, 2.05) is 44.2 Å². The van der Waals surface area contributed by atoms with Crippen LogP contribution in [0.25, 0.3) is 27.5 Å². The molecule has 0 unspecified atom stereocenters. The molecule has 26 heavy (non-hydrogen) atoms. The summed E-state index contributed by atoms with van der Waals surface area (Å²) in [6.07, 6.45) is 0.609. The molecule has 0 aliphatic carbocycles. The fourth-order valence-corrected chi connectivity index (χ4v) is 3.11. The lowest BCUT2D eigenvalue weighted by Crippen LogP contribution is -2.25. The van der Waals surface area contributed by atoms with Gasteiger partial charge in [-0.25, -0.2) is 0 Å². The van der Waals surface area contributed by atoms with Crippen LogP contribution in [-0.2, 0) is 9.53 Å². The predicted octanol–water partition coefficient (Wildman–Crippen LogP) is 3.97. The molecule has 1 heterocycles. The second-order valence-electron chi connectivity index (χ2n) is 6.05. The van der Waals surface area contributed by atoms with Gasteiger partial charge in [0, 0.05) is 16.3 Å². The Labute approximate surface area is 156 Å². The van der Waals surface area contributed by atoms with Crippen molar-refractivity contribution in [3.8, 4) is 0 Å². The van der Waals surface area contributed by atoms with Crippen molar-refractivity contribution in [3.63, 3.8) is 0 Å². The monoisotopic (exact) mass is 369 g/mol. The van der Waals surface area contributed by atoms with Gasteiger partial charge in [0.1, 0.15) is 17.9 Å². The molecule has 0 amide bonds. The van der Waals surface area contributed by atoms with E-state index in [4.69, 9.17) is 26.5 Å². The van der Waals surface area contributed by atoms with Gasteiger partial charge in [-0.15, -0.1) is 0 Å². The molecule has 0 atom stereocenters. The van der Waals surface area contributed by atoms with Crippen LogP contribution in [0, 0.1) is 13.8 Å². The molecular weight excluding hydrogens is 350 g/mol.